The number of allylic oxidation sites excluding steroid dienone is 4. The van der Waals surface area contributed by atoms with E-state index in [0.29, 0.717) is 0 Å². The molecular weight excluding hydrogens is 781 g/mol. The van der Waals surface area contributed by atoms with E-state index in [-0.39, 0.29) is 0 Å². The molecule has 0 fully saturated rings. The minimum absolute atomic E-state index is 0.791. The Hall–Kier alpha value is -1.60. The first-order chi connectivity index (χ1) is 31.8. The molecule has 2 heterocycles. The van der Waals surface area contributed by atoms with Crippen LogP contribution in [0.4, 0.5) is 0 Å². The molecule has 0 aromatic carbocycles. The van der Waals surface area contributed by atoms with Crippen LogP contribution in [0.3, 0.4) is 0 Å². The Morgan fingerprint density at radius 3 is 0.953 bits per heavy atom. The lowest BCUT2D eigenvalue weighted by Gasteiger charge is -2.23. The van der Waals surface area contributed by atoms with Crippen molar-refractivity contribution in [2.45, 2.75) is 257 Å². The van der Waals surface area contributed by atoms with Crippen molar-refractivity contribution in [3.8, 4) is 0 Å². The molecule has 0 aliphatic carbocycles. The van der Waals surface area contributed by atoms with Crippen molar-refractivity contribution in [1.29, 1.82) is 0 Å². The minimum Gasteiger partial charge on any atom is -0.373 e. The summed E-state index contributed by atoms with van der Waals surface area (Å²) in [7, 11) is 0. The van der Waals surface area contributed by atoms with Gasteiger partial charge in [-0.2, -0.15) is 0 Å². The molecule has 6 heteroatoms. The molecule has 0 aromatic rings. The van der Waals surface area contributed by atoms with E-state index in [4.69, 9.17) is 11.5 Å². The Morgan fingerprint density at radius 2 is 0.594 bits per heavy atom. The van der Waals surface area contributed by atoms with Crippen LogP contribution in [0, 0.1) is 0 Å². The summed E-state index contributed by atoms with van der Waals surface area (Å²) < 4.78 is 0. The summed E-state index contributed by atoms with van der Waals surface area (Å²) in [5.41, 5.74) is 14.2. The van der Waals surface area contributed by atoms with Gasteiger partial charge in [0.2, 0.25) is 0 Å². The Balaban J connectivity index is 1.28. The highest BCUT2D eigenvalue weighted by Crippen LogP contribution is 2.21. The predicted octanol–water partition coefficient (Wildman–Crippen LogP) is 15.2. The van der Waals surface area contributed by atoms with E-state index in [1.54, 1.807) is 11.1 Å². The number of hydrogen-bond acceptors (Lipinski definition) is 6. The summed E-state index contributed by atoms with van der Waals surface area (Å²) >= 11 is 0. The quantitative estimate of drug-likeness (QED) is 0.0456. The molecule has 0 saturated carbocycles. The average Bonchev–Trinajstić information content (AvgIpc) is 3.31. The third-order valence-electron chi connectivity index (χ3n) is 13.9. The third kappa shape index (κ3) is 39.6. The maximum Gasteiger partial charge on any atom is 0.0357 e. The molecule has 0 unspecified atom stereocenters. The number of rotatable bonds is 51. The Kier molecular flexibility index (Phi) is 43.8. The van der Waals surface area contributed by atoms with E-state index in [1.165, 1.54) is 270 Å². The fourth-order valence-electron chi connectivity index (χ4n) is 9.75. The van der Waals surface area contributed by atoms with Crippen LogP contribution in [0.2, 0.25) is 0 Å². The first-order valence-corrected chi connectivity index (χ1v) is 28.9. The second-order valence-corrected chi connectivity index (χ2v) is 20.2. The summed E-state index contributed by atoms with van der Waals surface area (Å²) in [5.74, 6) is 0. The number of nitrogens with zero attached hydrogens (tertiary/aromatic N) is 2. The highest BCUT2D eigenvalue weighted by Gasteiger charge is 2.07. The Bertz CT molecular complexity index is 1080. The van der Waals surface area contributed by atoms with E-state index < -0.39 is 0 Å². The molecule has 0 atom stereocenters. The van der Waals surface area contributed by atoms with Crippen LogP contribution in [-0.4, -0.2) is 75.2 Å². The van der Waals surface area contributed by atoms with Crippen LogP contribution in [0.15, 0.2) is 47.9 Å². The number of nitrogens with two attached hydrogens (primary N) is 2. The van der Waals surface area contributed by atoms with E-state index in [9.17, 15) is 0 Å². The highest BCUT2D eigenvalue weighted by atomic mass is 15.1. The molecule has 0 saturated heterocycles. The lowest BCUT2D eigenvalue weighted by molar-refractivity contribution is 0.387. The van der Waals surface area contributed by atoms with Gasteiger partial charge in [-0.05, 0) is 115 Å². The van der Waals surface area contributed by atoms with E-state index in [1.807, 2.05) is 0 Å². The lowest BCUT2D eigenvalue weighted by Crippen LogP contribution is -2.24. The van der Waals surface area contributed by atoms with Gasteiger partial charge in [0.15, 0.2) is 0 Å². The van der Waals surface area contributed by atoms with Crippen molar-refractivity contribution >= 4 is 0 Å². The number of nitrogens with one attached hydrogen (secondary N) is 2. The maximum atomic E-state index is 5.59. The van der Waals surface area contributed by atoms with Crippen molar-refractivity contribution in [3.05, 3.63) is 47.9 Å². The second kappa shape index (κ2) is 47.9. The van der Waals surface area contributed by atoms with Crippen molar-refractivity contribution in [2.24, 2.45) is 11.5 Å². The van der Waals surface area contributed by atoms with Crippen LogP contribution in [0.25, 0.3) is 0 Å². The van der Waals surface area contributed by atoms with Gasteiger partial charge in [-0.15, -0.1) is 0 Å². The standard InChI is InChI=1S/C58H112N6/c59-45-33-27-21-15-9-4-1-2-6-11-17-23-29-35-51-63-53-38-44-58(56-63)42-32-26-20-14-8-12-18-24-30-36-52-64-54-37-43-57(55-64)41-31-25-19-13-7-3-5-10-16-22-28-34-47-61-49-40-50-62-48-39-46-60/h37-38,43-44,55-56,61-62H,1-36,39-42,45-54,59-60H2. The topological polar surface area (TPSA) is 82.6 Å². The minimum atomic E-state index is 0.791. The van der Waals surface area contributed by atoms with Crippen molar-refractivity contribution < 1.29 is 0 Å². The van der Waals surface area contributed by atoms with Gasteiger partial charge in [-0.1, -0.05) is 217 Å². The molecule has 0 amide bonds. The fourth-order valence-corrected chi connectivity index (χ4v) is 9.75. The van der Waals surface area contributed by atoms with Crippen LogP contribution < -0.4 is 22.1 Å². The Morgan fingerprint density at radius 1 is 0.312 bits per heavy atom. The van der Waals surface area contributed by atoms with Crippen LogP contribution >= 0.6 is 0 Å². The summed E-state index contributed by atoms with van der Waals surface area (Å²) in [6.45, 7) is 10.8. The fraction of sp³-hybridized carbons (Fsp3) is 0.862. The van der Waals surface area contributed by atoms with Gasteiger partial charge in [-0.25, -0.2) is 0 Å². The normalized spacial score (nSPS) is 14.0. The molecule has 0 spiro atoms. The smallest absolute Gasteiger partial charge is 0.0357 e. The molecular formula is C58H112N6. The summed E-state index contributed by atoms with van der Waals surface area (Å²) in [5, 5.41) is 7.05. The molecule has 6 nitrogen and oxygen atoms in total. The van der Waals surface area contributed by atoms with Gasteiger partial charge in [0.05, 0.1) is 0 Å². The van der Waals surface area contributed by atoms with Crippen molar-refractivity contribution in [1.82, 2.24) is 20.4 Å². The monoisotopic (exact) mass is 893 g/mol. The van der Waals surface area contributed by atoms with Crippen LogP contribution in [0.5, 0.6) is 0 Å². The van der Waals surface area contributed by atoms with Gasteiger partial charge < -0.3 is 31.9 Å². The lowest BCUT2D eigenvalue weighted by atomic mass is 10.0. The zero-order valence-corrected chi connectivity index (χ0v) is 42.9. The second-order valence-electron chi connectivity index (χ2n) is 20.2. The van der Waals surface area contributed by atoms with Gasteiger partial charge >= 0.3 is 0 Å². The SMILES string of the molecule is NCCCCCCCCCCCCCCCCN1C=C(CCCCCCCCCCCCN2C=C(CCCCCCCCCCCCCCNCCCNCCCN)C=CC2)C=CC1. The predicted molar refractivity (Wildman–Crippen MR) is 286 cm³/mol. The number of hydrogen-bond donors (Lipinski definition) is 4. The molecule has 64 heavy (non-hydrogen) atoms. The van der Waals surface area contributed by atoms with Gasteiger partial charge in [-0.3, -0.25) is 0 Å². The first-order valence-electron chi connectivity index (χ1n) is 28.9. The highest BCUT2D eigenvalue weighted by molar-refractivity contribution is 5.23. The molecule has 0 aromatic heterocycles. The molecule has 2 rings (SSSR count). The summed E-state index contributed by atoms with van der Waals surface area (Å²) in [4.78, 5) is 5.15. The van der Waals surface area contributed by atoms with E-state index >= 15 is 0 Å². The largest absolute Gasteiger partial charge is 0.373 e. The zero-order chi connectivity index (χ0) is 45.3. The van der Waals surface area contributed by atoms with Crippen molar-refractivity contribution in [3.63, 3.8) is 0 Å². The third-order valence-corrected chi connectivity index (χ3v) is 13.9. The molecule has 0 bridgehead atoms. The first kappa shape index (κ1) is 58.5. The van der Waals surface area contributed by atoms with E-state index in [2.05, 4.69) is 57.1 Å². The zero-order valence-electron chi connectivity index (χ0n) is 42.9. The molecule has 374 valence electrons. The van der Waals surface area contributed by atoms with Gasteiger partial charge in [0.25, 0.3) is 0 Å². The molecule has 2 aliphatic heterocycles. The molecule has 0 radical (unpaired) electrons. The van der Waals surface area contributed by atoms with Gasteiger partial charge in [0, 0.05) is 38.6 Å². The Labute approximate surface area is 400 Å². The number of unbranched alkanes of at least 4 members (excludes halogenated alkanes) is 33. The van der Waals surface area contributed by atoms with Crippen molar-refractivity contribution in [2.75, 3.05) is 65.4 Å². The summed E-state index contributed by atoms with van der Waals surface area (Å²) in [6, 6.07) is 0. The van der Waals surface area contributed by atoms with E-state index in [0.717, 1.165) is 52.2 Å². The van der Waals surface area contributed by atoms with Crippen LogP contribution in [-0.2, 0) is 0 Å². The van der Waals surface area contributed by atoms with Crippen LogP contribution in [0.1, 0.15) is 257 Å². The maximum absolute atomic E-state index is 5.59. The molecule has 2 aliphatic rings. The molecule has 6 N–H and O–H groups in total. The summed E-state index contributed by atoms with van der Waals surface area (Å²) in [6.07, 6.45) is 70.0. The van der Waals surface area contributed by atoms with Gasteiger partial charge in [0.1, 0.15) is 0 Å². The average molecular weight is 894 g/mol.